The first-order valence-electron chi connectivity index (χ1n) is 8.35. The van der Waals surface area contributed by atoms with Crippen LogP contribution in [0.2, 0.25) is 0 Å². The number of benzene rings is 2. The monoisotopic (exact) mass is 338 g/mol. The SMILES string of the molecule is CN1CCN(c2nn(C(=O)c3ccccc3)c3cc(F)ccc23)CC1. The number of carbonyl (C=O) groups is 1. The molecule has 4 rings (SSSR count). The van der Waals surface area contributed by atoms with Crippen molar-refractivity contribution in [1.82, 2.24) is 14.7 Å². The molecule has 0 bridgehead atoms. The van der Waals surface area contributed by atoms with Crippen LogP contribution in [0.1, 0.15) is 10.4 Å². The van der Waals surface area contributed by atoms with Gasteiger partial charge in [0.1, 0.15) is 5.82 Å². The Kier molecular flexibility index (Phi) is 3.97. The smallest absolute Gasteiger partial charge is 0.278 e. The zero-order chi connectivity index (χ0) is 17.4. The summed E-state index contributed by atoms with van der Waals surface area (Å²) in [4.78, 5) is 17.3. The van der Waals surface area contributed by atoms with Gasteiger partial charge in [0.2, 0.25) is 0 Å². The molecule has 5 nitrogen and oxygen atoms in total. The summed E-state index contributed by atoms with van der Waals surface area (Å²) < 4.78 is 15.1. The zero-order valence-corrected chi connectivity index (χ0v) is 14.0. The number of rotatable bonds is 2. The Balaban J connectivity index is 1.82. The van der Waals surface area contributed by atoms with Crippen LogP contribution in [-0.2, 0) is 0 Å². The van der Waals surface area contributed by atoms with Crippen molar-refractivity contribution in [1.29, 1.82) is 0 Å². The van der Waals surface area contributed by atoms with E-state index in [0.29, 0.717) is 11.1 Å². The van der Waals surface area contributed by atoms with E-state index in [9.17, 15) is 9.18 Å². The van der Waals surface area contributed by atoms with Crippen molar-refractivity contribution >= 4 is 22.6 Å². The molecule has 1 fully saturated rings. The summed E-state index contributed by atoms with van der Waals surface area (Å²) in [7, 11) is 2.09. The Bertz CT molecular complexity index is 914. The molecule has 2 heterocycles. The lowest BCUT2D eigenvalue weighted by Gasteiger charge is -2.32. The molecule has 3 aromatic rings. The molecule has 1 aliphatic heterocycles. The van der Waals surface area contributed by atoms with Gasteiger partial charge in [0.05, 0.1) is 5.52 Å². The molecule has 0 saturated carbocycles. The van der Waals surface area contributed by atoms with E-state index in [-0.39, 0.29) is 11.7 Å². The number of aromatic nitrogens is 2. The number of hydrogen-bond acceptors (Lipinski definition) is 4. The molecule has 0 aliphatic carbocycles. The second-order valence-electron chi connectivity index (χ2n) is 6.36. The van der Waals surface area contributed by atoms with Crippen LogP contribution in [-0.4, -0.2) is 53.8 Å². The molecule has 128 valence electrons. The maximum Gasteiger partial charge on any atom is 0.278 e. The molecular formula is C19H19FN4O. The van der Waals surface area contributed by atoms with Crippen LogP contribution in [0.3, 0.4) is 0 Å². The Morgan fingerprint density at radius 3 is 2.48 bits per heavy atom. The van der Waals surface area contributed by atoms with Crippen LogP contribution in [0.4, 0.5) is 10.2 Å². The number of carbonyl (C=O) groups excluding carboxylic acids is 1. The molecule has 1 saturated heterocycles. The van der Waals surface area contributed by atoms with Gasteiger partial charge >= 0.3 is 0 Å². The fourth-order valence-corrected chi connectivity index (χ4v) is 3.18. The minimum Gasteiger partial charge on any atom is -0.352 e. The average Bonchev–Trinajstić information content (AvgIpc) is 3.01. The molecular weight excluding hydrogens is 319 g/mol. The van der Waals surface area contributed by atoms with E-state index in [4.69, 9.17) is 0 Å². The minimum absolute atomic E-state index is 0.253. The lowest BCUT2D eigenvalue weighted by atomic mass is 10.2. The van der Waals surface area contributed by atoms with Gasteiger partial charge in [-0.15, -0.1) is 5.10 Å². The van der Waals surface area contributed by atoms with E-state index in [1.165, 1.54) is 16.8 Å². The molecule has 6 heteroatoms. The molecule has 0 radical (unpaired) electrons. The van der Waals surface area contributed by atoms with Gasteiger partial charge in [0, 0.05) is 43.2 Å². The summed E-state index contributed by atoms with van der Waals surface area (Å²) in [5.41, 5.74) is 1.03. The van der Waals surface area contributed by atoms with Gasteiger partial charge in [-0.1, -0.05) is 18.2 Å². The Labute approximate surface area is 145 Å². The fourth-order valence-electron chi connectivity index (χ4n) is 3.18. The van der Waals surface area contributed by atoms with Crippen molar-refractivity contribution in [3.05, 3.63) is 59.9 Å². The lowest BCUT2D eigenvalue weighted by Crippen LogP contribution is -2.44. The van der Waals surface area contributed by atoms with Crippen LogP contribution in [0, 0.1) is 5.82 Å². The van der Waals surface area contributed by atoms with Crippen molar-refractivity contribution < 1.29 is 9.18 Å². The third-order valence-corrected chi connectivity index (χ3v) is 4.64. The van der Waals surface area contributed by atoms with Gasteiger partial charge in [0.15, 0.2) is 5.82 Å². The lowest BCUT2D eigenvalue weighted by molar-refractivity contribution is 0.0950. The first-order valence-corrected chi connectivity index (χ1v) is 8.35. The van der Waals surface area contributed by atoms with Gasteiger partial charge in [-0.2, -0.15) is 4.68 Å². The summed E-state index contributed by atoms with van der Waals surface area (Å²) in [6.45, 7) is 3.53. The second-order valence-corrected chi connectivity index (χ2v) is 6.36. The van der Waals surface area contributed by atoms with E-state index in [2.05, 4.69) is 21.9 Å². The Hall–Kier alpha value is -2.73. The first kappa shape index (κ1) is 15.8. The maximum absolute atomic E-state index is 13.8. The number of nitrogens with zero attached hydrogens (tertiary/aromatic N) is 4. The molecule has 0 spiro atoms. The van der Waals surface area contributed by atoms with E-state index in [1.54, 1.807) is 30.3 Å². The van der Waals surface area contributed by atoms with Gasteiger partial charge in [0.25, 0.3) is 5.91 Å². The van der Waals surface area contributed by atoms with Gasteiger partial charge in [-0.25, -0.2) is 4.39 Å². The highest BCUT2D eigenvalue weighted by Gasteiger charge is 2.23. The molecule has 1 aliphatic rings. The van der Waals surface area contributed by atoms with Crippen molar-refractivity contribution in [3.63, 3.8) is 0 Å². The van der Waals surface area contributed by atoms with E-state index >= 15 is 0 Å². The van der Waals surface area contributed by atoms with Gasteiger partial charge in [-0.05, 0) is 31.3 Å². The number of likely N-dealkylation sites (N-methyl/N-ethyl adjacent to an activating group) is 1. The quantitative estimate of drug-likeness (QED) is 0.720. The predicted molar refractivity (Wildman–Crippen MR) is 95.6 cm³/mol. The third kappa shape index (κ3) is 2.89. The highest BCUT2D eigenvalue weighted by atomic mass is 19.1. The summed E-state index contributed by atoms with van der Waals surface area (Å²) >= 11 is 0. The molecule has 0 atom stereocenters. The molecule has 0 N–H and O–H groups in total. The zero-order valence-electron chi connectivity index (χ0n) is 14.0. The van der Waals surface area contributed by atoms with Crippen molar-refractivity contribution in [2.24, 2.45) is 0 Å². The first-order chi connectivity index (χ1) is 12.1. The van der Waals surface area contributed by atoms with Crippen LogP contribution >= 0.6 is 0 Å². The van der Waals surface area contributed by atoms with Crippen molar-refractivity contribution in [2.45, 2.75) is 0 Å². The summed E-state index contributed by atoms with van der Waals surface area (Å²) in [5.74, 6) is 0.114. The molecule has 2 aromatic carbocycles. The highest BCUT2D eigenvalue weighted by Crippen LogP contribution is 2.28. The summed E-state index contributed by atoms with van der Waals surface area (Å²) in [6, 6.07) is 13.5. The van der Waals surface area contributed by atoms with E-state index < -0.39 is 0 Å². The molecule has 1 aromatic heterocycles. The standard InChI is InChI=1S/C19H19FN4O/c1-22-9-11-23(12-10-22)18-16-8-7-15(20)13-17(16)24(21-18)19(25)14-5-3-2-4-6-14/h2-8,13H,9-12H2,1H3. The van der Waals surface area contributed by atoms with Crippen LogP contribution < -0.4 is 4.90 Å². The van der Waals surface area contributed by atoms with Crippen LogP contribution in [0.25, 0.3) is 10.9 Å². The molecule has 0 amide bonds. The molecule has 0 unspecified atom stereocenters. The number of hydrogen-bond donors (Lipinski definition) is 0. The Morgan fingerprint density at radius 2 is 1.76 bits per heavy atom. The largest absolute Gasteiger partial charge is 0.352 e. The van der Waals surface area contributed by atoms with Crippen LogP contribution in [0.15, 0.2) is 48.5 Å². The molecule has 25 heavy (non-hydrogen) atoms. The summed E-state index contributed by atoms with van der Waals surface area (Å²) in [6.07, 6.45) is 0. The third-order valence-electron chi connectivity index (χ3n) is 4.64. The van der Waals surface area contributed by atoms with Crippen molar-refractivity contribution in [2.75, 3.05) is 38.1 Å². The topological polar surface area (TPSA) is 41.4 Å². The number of halogens is 1. The normalized spacial score (nSPS) is 15.7. The maximum atomic E-state index is 13.8. The summed E-state index contributed by atoms with van der Waals surface area (Å²) in [5, 5.41) is 5.36. The number of piperazine rings is 1. The fraction of sp³-hybridized carbons (Fsp3) is 0.263. The van der Waals surface area contributed by atoms with Crippen molar-refractivity contribution in [3.8, 4) is 0 Å². The highest BCUT2D eigenvalue weighted by molar-refractivity contribution is 6.03. The van der Waals surface area contributed by atoms with E-state index in [0.717, 1.165) is 37.4 Å². The number of anilines is 1. The second kappa shape index (κ2) is 6.29. The Morgan fingerprint density at radius 1 is 1.04 bits per heavy atom. The minimum atomic E-state index is -0.376. The van der Waals surface area contributed by atoms with Gasteiger partial charge in [-0.3, -0.25) is 4.79 Å². The van der Waals surface area contributed by atoms with Crippen LogP contribution in [0.5, 0.6) is 0 Å². The predicted octanol–water partition coefficient (Wildman–Crippen LogP) is 2.62. The van der Waals surface area contributed by atoms with Gasteiger partial charge < -0.3 is 9.80 Å². The van der Waals surface area contributed by atoms with E-state index in [1.807, 2.05) is 6.07 Å². The average molecular weight is 338 g/mol. The number of fused-ring (bicyclic) bond motifs is 1.